The van der Waals surface area contributed by atoms with Crippen molar-refractivity contribution in [3.63, 3.8) is 0 Å². The monoisotopic (exact) mass is 354 g/mol. The SMILES string of the molecule is CC1CN(C(=O)c2ccc(C(F)(F)F)cc2)CC(C(F)(F)F)N1C. The minimum absolute atomic E-state index is 0.0688. The number of alkyl halides is 6. The van der Waals surface area contributed by atoms with E-state index in [0.717, 1.165) is 34.1 Å². The molecule has 2 atom stereocenters. The second-order valence-electron chi connectivity index (χ2n) is 5.86. The van der Waals surface area contributed by atoms with Crippen LogP contribution in [-0.4, -0.2) is 54.1 Å². The van der Waals surface area contributed by atoms with E-state index >= 15 is 0 Å². The molecule has 2 rings (SSSR count). The highest BCUT2D eigenvalue weighted by molar-refractivity contribution is 5.94. The van der Waals surface area contributed by atoms with Gasteiger partial charge in [-0.15, -0.1) is 0 Å². The summed E-state index contributed by atoms with van der Waals surface area (Å²) < 4.78 is 76.8. The third-order valence-electron chi connectivity index (χ3n) is 4.19. The molecule has 1 aliphatic heterocycles. The van der Waals surface area contributed by atoms with E-state index in [1.807, 2.05) is 0 Å². The Morgan fingerprint density at radius 3 is 2.04 bits per heavy atom. The Bertz CT molecular complexity index is 595. The normalized spacial score (nSPS) is 23.4. The van der Waals surface area contributed by atoms with Crippen LogP contribution in [0.1, 0.15) is 22.8 Å². The Labute approximate surface area is 134 Å². The van der Waals surface area contributed by atoms with Crippen molar-refractivity contribution in [2.75, 3.05) is 20.1 Å². The first-order valence-corrected chi connectivity index (χ1v) is 7.16. The highest BCUT2D eigenvalue weighted by atomic mass is 19.4. The predicted molar refractivity (Wildman–Crippen MR) is 74.4 cm³/mol. The summed E-state index contributed by atoms with van der Waals surface area (Å²) in [6, 6.07) is 1.12. The molecule has 0 saturated carbocycles. The Balaban J connectivity index is 2.20. The molecule has 24 heavy (non-hydrogen) atoms. The molecular weight excluding hydrogens is 338 g/mol. The first-order valence-electron chi connectivity index (χ1n) is 7.16. The summed E-state index contributed by atoms with van der Waals surface area (Å²) in [7, 11) is 1.34. The van der Waals surface area contributed by atoms with Gasteiger partial charge < -0.3 is 4.90 Å². The van der Waals surface area contributed by atoms with E-state index in [1.165, 1.54) is 7.05 Å². The lowest BCUT2D eigenvalue weighted by Crippen LogP contribution is -2.62. The average Bonchev–Trinajstić information content (AvgIpc) is 2.47. The first-order chi connectivity index (χ1) is 10.9. The maximum absolute atomic E-state index is 13.1. The third kappa shape index (κ3) is 3.82. The number of hydrogen-bond acceptors (Lipinski definition) is 2. The van der Waals surface area contributed by atoms with Gasteiger partial charge in [0, 0.05) is 24.7 Å². The third-order valence-corrected chi connectivity index (χ3v) is 4.19. The summed E-state index contributed by atoms with van der Waals surface area (Å²) in [5.41, 5.74) is -0.986. The van der Waals surface area contributed by atoms with Crippen molar-refractivity contribution in [3.8, 4) is 0 Å². The van der Waals surface area contributed by atoms with E-state index in [-0.39, 0.29) is 12.1 Å². The molecule has 1 aromatic rings. The van der Waals surface area contributed by atoms with Crippen LogP contribution in [0.15, 0.2) is 24.3 Å². The number of carbonyl (C=O) groups excluding carboxylic acids is 1. The van der Waals surface area contributed by atoms with E-state index in [1.54, 1.807) is 6.92 Å². The zero-order valence-corrected chi connectivity index (χ0v) is 12.9. The summed E-state index contributed by atoms with van der Waals surface area (Å²) in [6.45, 7) is 1.08. The van der Waals surface area contributed by atoms with E-state index in [2.05, 4.69) is 0 Å². The van der Waals surface area contributed by atoms with Gasteiger partial charge in [0.25, 0.3) is 5.91 Å². The molecule has 0 bridgehead atoms. The van der Waals surface area contributed by atoms with Crippen molar-refractivity contribution >= 4 is 5.91 Å². The van der Waals surface area contributed by atoms with Crippen LogP contribution in [0.5, 0.6) is 0 Å². The molecule has 0 radical (unpaired) electrons. The number of piperazine rings is 1. The summed E-state index contributed by atoms with van der Waals surface area (Å²) in [4.78, 5) is 14.5. The van der Waals surface area contributed by atoms with Gasteiger partial charge in [-0.05, 0) is 38.2 Å². The molecular formula is C15H16F6N2O. The molecule has 134 valence electrons. The summed E-state index contributed by atoms with van der Waals surface area (Å²) >= 11 is 0. The van der Waals surface area contributed by atoms with Crippen LogP contribution in [0, 0.1) is 0 Å². The van der Waals surface area contributed by atoms with Crippen molar-refractivity contribution in [2.24, 2.45) is 0 Å². The number of nitrogens with zero attached hydrogens (tertiary/aromatic N) is 2. The smallest absolute Gasteiger partial charge is 0.335 e. The van der Waals surface area contributed by atoms with E-state index in [9.17, 15) is 31.1 Å². The largest absolute Gasteiger partial charge is 0.416 e. The van der Waals surface area contributed by atoms with Crippen molar-refractivity contribution in [2.45, 2.75) is 31.4 Å². The lowest BCUT2D eigenvalue weighted by molar-refractivity contribution is -0.197. The topological polar surface area (TPSA) is 23.6 Å². The van der Waals surface area contributed by atoms with Crippen LogP contribution < -0.4 is 0 Å². The zero-order chi connectivity index (χ0) is 18.3. The summed E-state index contributed by atoms with van der Waals surface area (Å²) in [6.07, 6.45) is -9.03. The first kappa shape index (κ1) is 18.6. The minimum Gasteiger partial charge on any atom is -0.335 e. The molecule has 1 aliphatic rings. The fourth-order valence-corrected chi connectivity index (χ4v) is 2.65. The molecule has 2 unspecified atom stereocenters. The predicted octanol–water partition coefficient (Wildman–Crippen LogP) is 3.41. The molecule has 3 nitrogen and oxygen atoms in total. The van der Waals surface area contributed by atoms with Crippen LogP contribution in [-0.2, 0) is 6.18 Å². The standard InChI is InChI=1S/C15H16F6N2O/c1-9-7-23(8-12(22(9)2)15(19,20)21)13(24)10-3-5-11(6-4-10)14(16,17)18/h3-6,9,12H,7-8H2,1-2H3. The molecule has 0 aromatic heterocycles. The Kier molecular flexibility index (Phi) is 4.85. The second kappa shape index (κ2) is 6.27. The van der Waals surface area contributed by atoms with E-state index in [4.69, 9.17) is 0 Å². The van der Waals surface area contributed by atoms with E-state index in [0.29, 0.717) is 0 Å². The maximum Gasteiger partial charge on any atom is 0.416 e. The minimum atomic E-state index is -4.54. The van der Waals surface area contributed by atoms with Gasteiger partial charge in [-0.2, -0.15) is 26.3 Å². The Morgan fingerprint density at radius 2 is 1.58 bits per heavy atom. The lowest BCUT2D eigenvalue weighted by Gasteiger charge is -2.44. The molecule has 9 heteroatoms. The van der Waals surface area contributed by atoms with Crippen molar-refractivity contribution in [3.05, 3.63) is 35.4 Å². The molecule has 0 spiro atoms. The fraction of sp³-hybridized carbons (Fsp3) is 0.533. The van der Waals surface area contributed by atoms with E-state index < -0.39 is 42.5 Å². The number of amides is 1. The quantitative estimate of drug-likeness (QED) is 0.722. The van der Waals surface area contributed by atoms with Crippen molar-refractivity contribution < 1.29 is 31.1 Å². The lowest BCUT2D eigenvalue weighted by atomic mass is 10.0. The number of rotatable bonds is 1. The summed E-state index contributed by atoms with van der Waals surface area (Å²) in [5.74, 6) is -0.710. The Hall–Kier alpha value is -1.77. The number of hydrogen-bond donors (Lipinski definition) is 0. The van der Waals surface area contributed by atoms with Crippen molar-refractivity contribution in [1.29, 1.82) is 0 Å². The number of halogens is 6. The number of benzene rings is 1. The van der Waals surface area contributed by atoms with Crippen LogP contribution in [0.3, 0.4) is 0 Å². The van der Waals surface area contributed by atoms with Crippen molar-refractivity contribution in [1.82, 2.24) is 9.80 Å². The van der Waals surface area contributed by atoms with Crippen LogP contribution in [0.4, 0.5) is 26.3 Å². The van der Waals surface area contributed by atoms with Gasteiger partial charge in [-0.25, -0.2) is 0 Å². The van der Waals surface area contributed by atoms with Crippen LogP contribution in [0.25, 0.3) is 0 Å². The van der Waals surface area contributed by atoms with Gasteiger partial charge in [-0.1, -0.05) is 0 Å². The molecule has 1 fully saturated rings. The molecule has 0 aliphatic carbocycles. The van der Waals surface area contributed by atoms with Gasteiger partial charge in [0.15, 0.2) is 0 Å². The highest BCUT2D eigenvalue weighted by Gasteiger charge is 2.48. The zero-order valence-electron chi connectivity index (χ0n) is 12.9. The maximum atomic E-state index is 13.1. The molecule has 1 heterocycles. The Morgan fingerprint density at radius 1 is 1.04 bits per heavy atom. The van der Waals surface area contributed by atoms with Gasteiger partial charge in [0.2, 0.25) is 0 Å². The van der Waals surface area contributed by atoms with Gasteiger partial charge >= 0.3 is 12.4 Å². The fourth-order valence-electron chi connectivity index (χ4n) is 2.65. The molecule has 0 N–H and O–H groups in total. The highest BCUT2D eigenvalue weighted by Crippen LogP contribution is 2.31. The van der Waals surface area contributed by atoms with Crippen LogP contribution in [0.2, 0.25) is 0 Å². The average molecular weight is 354 g/mol. The second-order valence-corrected chi connectivity index (χ2v) is 5.86. The summed E-state index contributed by atoms with van der Waals surface area (Å²) in [5, 5.41) is 0. The number of carbonyl (C=O) groups is 1. The van der Waals surface area contributed by atoms with Gasteiger partial charge in [0.1, 0.15) is 6.04 Å². The van der Waals surface area contributed by atoms with Gasteiger partial charge in [0.05, 0.1) is 5.56 Å². The van der Waals surface area contributed by atoms with Crippen LogP contribution >= 0.6 is 0 Å². The molecule has 1 aromatic carbocycles. The number of likely N-dealkylation sites (N-methyl/N-ethyl adjacent to an activating group) is 1. The van der Waals surface area contributed by atoms with Gasteiger partial charge in [-0.3, -0.25) is 9.69 Å². The molecule has 1 amide bonds. The molecule has 1 saturated heterocycles.